The summed E-state index contributed by atoms with van der Waals surface area (Å²) < 4.78 is 3.98. The SMILES string of the molecule is Cc1ncc(CNCCn2ccnn2)n1-c1ccccc1. The molecule has 21 heavy (non-hydrogen) atoms. The van der Waals surface area contributed by atoms with Crippen molar-refractivity contribution in [1.29, 1.82) is 0 Å². The Labute approximate surface area is 123 Å². The second-order valence-corrected chi connectivity index (χ2v) is 4.81. The van der Waals surface area contributed by atoms with Crippen LogP contribution in [0.1, 0.15) is 11.5 Å². The van der Waals surface area contributed by atoms with Gasteiger partial charge in [-0.25, -0.2) is 4.98 Å². The van der Waals surface area contributed by atoms with Gasteiger partial charge >= 0.3 is 0 Å². The number of hydrogen-bond acceptors (Lipinski definition) is 4. The molecule has 0 atom stereocenters. The highest BCUT2D eigenvalue weighted by Gasteiger charge is 2.07. The van der Waals surface area contributed by atoms with Gasteiger partial charge in [0, 0.05) is 25.0 Å². The fraction of sp³-hybridized carbons (Fsp3) is 0.267. The first kappa shape index (κ1) is 13.5. The number of nitrogens with one attached hydrogen (secondary N) is 1. The van der Waals surface area contributed by atoms with Crippen LogP contribution in [0.2, 0.25) is 0 Å². The Kier molecular flexibility index (Phi) is 4.07. The maximum atomic E-state index is 4.42. The van der Waals surface area contributed by atoms with Gasteiger partial charge in [0.2, 0.25) is 0 Å². The first-order valence-corrected chi connectivity index (χ1v) is 6.98. The van der Waals surface area contributed by atoms with Gasteiger partial charge in [0.25, 0.3) is 0 Å². The van der Waals surface area contributed by atoms with E-state index in [1.54, 1.807) is 6.20 Å². The zero-order valence-electron chi connectivity index (χ0n) is 12.0. The fourth-order valence-corrected chi connectivity index (χ4v) is 2.31. The first-order valence-electron chi connectivity index (χ1n) is 6.98. The molecule has 0 spiro atoms. The summed E-state index contributed by atoms with van der Waals surface area (Å²) >= 11 is 0. The molecule has 0 saturated carbocycles. The number of para-hydroxylation sites is 1. The smallest absolute Gasteiger partial charge is 0.110 e. The highest BCUT2D eigenvalue weighted by atomic mass is 15.4. The third kappa shape index (κ3) is 3.17. The van der Waals surface area contributed by atoms with Gasteiger partial charge in [-0.15, -0.1) is 5.10 Å². The van der Waals surface area contributed by atoms with Gasteiger partial charge in [-0.05, 0) is 19.1 Å². The van der Waals surface area contributed by atoms with Crippen molar-refractivity contribution in [2.75, 3.05) is 6.54 Å². The molecule has 6 nitrogen and oxygen atoms in total. The normalized spacial score (nSPS) is 10.9. The zero-order chi connectivity index (χ0) is 14.5. The Morgan fingerprint density at radius 2 is 2.05 bits per heavy atom. The van der Waals surface area contributed by atoms with E-state index >= 15 is 0 Å². The maximum absolute atomic E-state index is 4.42. The van der Waals surface area contributed by atoms with Crippen LogP contribution in [0.5, 0.6) is 0 Å². The summed E-state index contributed by atoms with van der Waals surface area (Å²) in [6, 6.07) is 10.3. The van der Waals surface area contributed by atoms with E-state index in [4.69, 9.17) is 0 Å². The molecular formula is C15H18N6. The lowest BCUT2D eigenvalue weighted by Crippen LogP contribution is -2.21. The standard InChI is InChI=1S/C15H18N6/c1-13-17-12-15(21(13)14-5-3-2-4-6-14)11-16-7-9-20-10-8-18-19-20/h2-6,8,10,12,16H,7,9,11H2,1H3. The summed E-state index contributed by atoms with van der Waals surface area (Å²) in [4.78, 5) is 4.42. The van der Waals surface area contributed by atoms with Crippen molar-refractivity contribution in [1.82, 2.24) is 29.9 Å². The summed E-state index contributed by atoms with van der Waals surface area (Å²) in [7, 11) is 0. The topological polar surface area (TPSA) is 60.6 Å². The van der Waals surface area contributed by atoms with Gasteiger partial charge in [0.05, 0.1) is 24.6 Å². The molecule has 2 aromatic heterocycles. The summed E-state index contributed by atoms with van der Waals surface area (Å²) in [6.45, 7) is 4.43. The second kappa shape index (κ2) is 6.32. The number of imidazole rings is 1. The van der Waals surface area contributed by atoms with Gasteiger partial charge in [-0.2, -0.15) is 0 Å². The third-order valence-electron chi connectivity index (χ3n) is 3.32. The first-order chi connectivity index (χ1) is 10.3. The van der Waals surface area contributed by atoms with Crippen molar-refractivity contribution in [3.8, 4) is 5.69 Å². The molecule has 0 radical (unpaired) electrons. The van der Waals surface area contributed by atoms with Crippen LogP contribution in [0.25, 0.3) is 5.69 Å². The average Bonchev–Trinajstić information content (AvgIpc) is 3.14. The molecule has 2 heterocycles. The van der Waals surface area contributed by atoms with E-state index < -0.39 is 0 Å². The molecule has 0 bridgehead atoms. The minimum absolute atomic E-state index is 0.768. The minimum atomic E-state index is 0.768. The quantitative estimate of drug-likeness (QED) is 0.697. The highest BCUT2D eigenvalue weighted by molar-refractivity contribution is 5.35. The van der Waals surface area contributed by atoms with Gasteiger partial charge in [0.15, 0.2) is 0 Å². The number of hydrogen-bond donors (Lipinski definition) is 1. The average molecular weight is 282 g/mol. The van der Waals surface area contributed by atoms with Gasteiger partial charge in [0.1, 0.15) is 5.82 Å². The molecule has 0 unspecified atom stereocenters. The van der Waals surface area contributed by atoms with Gasteiger partial charge in [-0.1, -0.05) is 23.4 Å². The van der Waals surface area contributed by atoms with E-state index in [1.807, 2.05) is 42.2 Å². The van der Waals surface area contributed by atoms with Crippen molar-refractivity contribution in [3.05, 3.63) is 60.4 Å². The molecule has 1 N–H and O–H groups in total. The molecule has 108 valence electrons. The molecular weight excluding hydrogens is 264 g/mol. The summed E-state index contributed by atoms with van der Waals surface area (Å²) in [5, 5.41) is 11.1. The molecule has 0 saturated heterocycles. The van der Waals surface area contributed by atoms with Crippen LogP contribution in [-0.2, 0) is 13.1 Å². The van der Waals surface area contributed by atoms with Crippen LogP contribution in [0.3, 0.4) is 0 Å². The molecule has 0 fully saturated rings. The Hall–Kier alpha value is -2.47. The van der Waals surface area contributed by atoms with E-state index in [0.717, 1.165) is 36.8 Å². The molecule has 0 aliphatic carbocycles. The molecule has 0 aliphatic heterocycles. The Balaban J connectivity index is 1.64. The van der Waals surface area contributed by atoms with E-state index in [2.05, 4.69) is 37.3 Å². The lowest BCUT2D eigenvalue weighted by Gasteiger charge is -2.11. The number of benzene rings is 1. The predicted molar refractivity (Wildman–Crippen MR) is 80.0 cm³/mol. The Morgan fingerprint density at radius 3 is 2.81 bits per heavy atom. The van der Waals surface area contributed by atoms with E-state index in [9.17, 15) is 0 Å². The van der Waals surface area contributed by atoms with Crippen molar-refractivity contribution in [2.24, 2.45) is 0 Å². The summed E-state index contributed by atoms with van der Waals surface area (Å²) in [5.41, 5.74) is 2.29. The Bertz CT molecular complexity index is 672. The number of aryl methyl sites for hydroxylation is 1. The molecule has 1 aromatic carbocycles. The molecule has 0 aliphatic rings. The number of aromatic nitrogens is 5. The van der Waals surface area contributed by atoms with Crippen LogP contribution in [0, 0.1) is 6.92 Å². The molecule has 3 rings (SSSR count). The monoisotopic (exact) mass is 282 g/mol. The van der Waals surface area contributed by atoms with E-state index in [-0.39, 0.29) is 0 Å². The summed E-state index contributed by atoms with van der Waals surface area (Å²) in [5.74, 6) is 0.995. The zero-order valence-corrected chi connectivity index (χ0v) is 12.0. The highest BCUT2D eigenvalue weighted by Crippen LogP contribution is 2.14. The molecule has 3 aromatic rings. The van der Waals surface area contributed by atoms with E-state index in [1.165, 1.54) is 0 Å². The van der Waals surface area contributed by atoms with Crippen LogP contribution in [0.4, 0.5) is 0 Å². The van der Waals surface area contributed by atoms with Gasteiger partial charge < -0.3 is 5.32 Å². The molecule has 0 amide bonds. The van der Waals surface area contributed by atoms with Crippen molar-refractivity contribution >= 4 is 0 Å². The lowest BCUT2D eigenvalue weighted by molar-refractivity contribution is 0.535. The van der Waals surface area contributed by atoms with Gasteiger partial charge in [-0.3, -0.25) is 9.25 Å². The maximum Gasteiger partial charge on any atom is 0.110 e. The second-order valence-electron chi connectivity index (χ2n) is 4.81. The number of nitrogens with zero attached hydrogens (tertiary/aromatic N) is 5. The fourth-order valence-electron chi connectivity index (χ4n) is 2.31. The van der Waals surface area contributed by atoms with Crippen LogP contribution in [-0.4, -0.2) is 31.1 Å². The van der Waals surface area contributed by atoms with Crippen LogP contribution < -0.4 is 5.32 Å². The Morgan fingerprint density at radius 1 is 1.19 bits per heavy atom. The minimum Gasteiger partial charge on any atom is -0.309 e. The third-order valence-corrected chi connectivity index (χ3v) is 3.32. The summed E-state index contributed by atoms with van der Waals surface area (Å²) in [6.07, 6.45) is 5.47. The van der Waals surface area contributed by atoms with Crippen molar-refractivity contribution in [2.45, 2.75) is 20.0 Å². The van der Waals surface area contributed by atoms with Crippen molar-refractivity contribution in [3.63, 3.8) is 0 Å². The van der Waals surface area contributed by atoms with Crippen molar-refractivity contribution < 1.29 is 0 Å². The lowest BCUT2D eigenvalue weighted by atomic mass is 10.3. The van der Waals surface area contributed by atoms with E-state index in [0.29, 0.717) is 0 Å². The molecule has 6 heteroatoms. The van der Waals surface area contributed by atoms with Crippen LogP contribution >= 0.6 is 0 Å². The number of rotatable bonds is 6. The van der Waals surface area contributed by atoms with Crippen LogP contribution in [0.15, 0.2) is 48.9 Å². The predicted octanol–water partition coefficient (Wildman–Crippen LogP) is 1.56. The largest absolute Gasteiger partial charge is 0.309 e.